The Hall–Kier alpha value is -3.30. The van der Waals surface area contributed by atoms with Crippen LogP contribution >= 0.6 is 0 Å². The summed E-state index contributed by atoms with van der Waals surface area (Å²) in [7, 11) is 0. The monoisotopic (exact) mass is 459 g/mol. The van der Waals surface area contributed by atoms with Crippen LogP contribution in [0.2, 0.25) is 0 Å². The van der Waals surface area contributed by atoms with Gasteiger partial charge in [-0.15, -0.1) is 0 Å². The van der Waals surface area contributed by atoms with E-state index < -0.39 is 34.6 Å². The summed E-state index contributed by atoms with van der Waals surface area (Å²) < 4.78 is 48.0. The van der Waals surface area contributed by atoms with Gasteiger partial charge in [0.25, 0.3) is 5.91 Å². The van der Waals surface area contributed by atoms with Crippen molar-refractivity contribution in [2.45, 2.75) is 18.9 Å². The summed E-state index contributed by atoms with van der Waals surface area (Å²) in [5, 5.41) is 16.3. The van der Waals surface area contributed by atoms with E-state index in [4.69, 9.17) is 4.42 Å². The highest BCUT2D eigenvalue weighted by atomic mass is 19.2. The summed E-state index contributed by atoms with van der Waals surface area (Å²) in [6.07, 6.45) is 2.25. The molecule has 0 bridgehead atoms. The number of carbonyl (C=O) groups excluding carboxylic acids is 1. The largest absolute Gasteiger partial charge is 0.469 e. The molecule has 1 fully saturated rings. The zero-order chi connectivity index (χ0) is 23.6. The van der Waals surface area contributed by atoms with Gasteiger partial charge in [0, 0.05) is 19.5 Å². The van der Waals surface area contributed by atoms with Crippen LogP contribution in [0.4, 0.5) is 24.5 Å². The Labute approximate surface area is 189 Å². The van der Waals surface area contributed by atoms with Gasteiger partial charge in [0.2, 0.25) is 0 Å². The minimum absolute atomic E-state index is 0.0247. The fourth-order valence-electron chi connectivity index (χ4n) is 3.78. The topological polar surface area (TPSA) is 77.7 Å². The summed E-state index contributed by atoms with van der Waals surface area (Å²) in [5.41, 5.74) is -1.16. The normalized spacial score (nSPS) is 14.8. The fraction of sp³-hybridized carbons (Fsp3) is 0.292. The van der Waals surface area contributed by atoms with E-state index in [9.17, 15) is 23.1 Å². The van der Waals surface area contributed by atoms with Gasteiger partial charge in [0.05, 0.1) is 36.3 Å². The minimum Gasteiger partial charge on any atom is -0.469 e. The Kier molecular flexibility index (Phi) is 6.44. The van der Waals surface area contributed by atoms with Crippen molar-refractivity contribution in [3.8, 4) is 0 Å². The molecule has 0 radical (unpaired) electrons. The van der Waals surface area contributed by atoms with Crippen LogP contribution in [0.15, 0.2) is 53.1 Å². The molecule has 33 heavy (non-hydrogen) atoms. The van der Waals surface area contributed by atoms with E-state index in [1.807, 2.05) is 6.07 Å². The number of carbonyl (C=O) groups is 1. The number of nitrogens with one attached hydrogen (secondary N) is 2. The molecule has 1 aromatic heterocycles. The van der Waals surface area contributed by atoms with Gasteiger partial charge in [0.15, 0.2) is 11.6 Å². The van der Waals surface area contributed by atoms with Crippen molar-refractivity contribution in [3.05, 3.63) is 83.1 Å². The summed E-state index contributed by atoms with van der Waals surface area (Å²) in [4.78, 5) is 14.3. The summed E-state index contributed by atoms with van der Waals surface area (Å²) in [5.74, 6) is -2.87. The van der Waals surface area contributed by atoms with Gasteiger partial charge in [-0.3, -0.25) is 4.79 Å². The number of aryl methyl sites for hydroxylation is 1. The highest BCUT2D eigenvalue weighted by Crippen LogP contribution is 2.31. The van der Waals surface area contributed by atoms with Crippen molar-refractivity contribution in [2.75, 3.05) is 31.5 Å². The number of anilines is 2. The van der Waals surface area contributed by atoms with E-state index in [2.05, 4.69) is 10.6 Å². The lowest BCUT2D eigenvalue weighted by Gasteiger charge is -2.46. The molecule has 0 saturated carbocycles. The maximum Gasteiger partial charge on any atom is 0.256 e. The predicted octanol–water partition coefficient (Wildman–Crippen LogP) is 3.77. The Morgan fingerprint density at radius 3 is 2.64 bits per heavy atom. The van der Waals surface area contributed by atoms with Gasteiger partial charge >= 0.3 is 0 Å². The molecule has 2 aromatic carbocycles. The van der Waals surface area contributed by atoms with Crippen LogP contribution in [0.5, 0.6) is 0 Å². The number of halogens is 3. The number of hydrogen-bond donors (Lipinski definition) is 3. The van der Waals surface area contributed by atoms with E-state index in [1.165, 1.54) is 17.0 Å². The second-order valence-corrected chi connectivity index (χ2v) is 8.28. The van der Waals surface area contributed by atoms with Gasteiger partial charge in [-0.05, 0) is 48.9 Å². The molecule has 1 aliphatic rings. The smallest absolute Gasteiger partial charge is 0.256 e. The molecule has 174 valence electrons. The average molecular weight is 459 g/mol. The van der Waals surface area contributed by atoms with E-state index in [0.29, 0.717) is 18.5 Å². The molecule has 4 rings (SSSR count). The van der Waals surface area contributed by atoms with E-state index in [1.54, 1.807) is 25.3 Å². The third-order valence-electron chi connectivity index (χ3n) is 5.55. The van der Waals surface area contributed by atoms with Crippen LogP contribution in [-0.2, 0) is 6.42 Å². The quantitative estimate of drug-likeness (QED) is 0.447. The van der Waals surface area contributed by atoms with Crippen LogP contribution < -0.4 is 10.6 Å². The SMILES string of the molecule is Cc1ccc(Nc2c(C(=O)N3CC(O)(CNCCc4ccco4)C3)ccc(F)c2F)c(F)c1. The molecular weight excluding hydrogens is 435 g/mol. The number of nitrogens with zero attached hydrogens (tertiary/aromatic N) is 1. The molecule has 3 aromatic rings. The number of furan rings is 1. The molecule has 1 saturated heterocycles. The molecule has 3 N–H and O–H groups in total. The maximum atomic E-state index is 14.6. The van der Waals surface area contributed by atoms with Crippen LogP contribution in [0, 0.1) is 24.4 Å². The standard InChI is InChI=1S/C24H24F3N3O3/c1-15-4-7-20(19(26)11-15)29-22-17(5-6-18(25)21(22)27)23(31)30-13-24(32,14-30)12-28-9-8-16-3-2-10-33-16/h2-7,10-11,28-29,32H,8-9,12-14H2,1H3. The first-order chi connectivity index (χ1) is 15.8. The van der Waals surface area contributed by atoms with E-state index >= 15 is 0 Å². The van der Waals surface area contributed by atoms with Gasteiger partial charge in [-0.25, -0.2) is 13.2 Å². The van der Waals surface area contributed by atoms with Gasteiger partial charge in [0.1, 0.15) is 17.2 Å². The zero-order valence-corrected chi connectivity index (χ0v) is 18.0. The van der Waals surface area contributed by atoms with Crippen molar-refractivity contribution >= 4 is 17.3 Å². The molecule has 0 aliphatic carbocycles. The van der Waals surface area contributed by atoms with Crippen molar-refractivity contribution in [1.29, 1.82) is 0 Å². The van der Waals surface area contributed by atoms with Crippen molar-refractivity contribution in [3.63, 3.8) is 0 Å². The Morgan fingerprint density at radius 1 is 1.15 bits per heavy atom. The van der Waals surface area contributed by atoms with Crippen LogP contribution in [0.25, 0.3) is 0 Å². The molecular formula is C24H24F3N3O3. The van der Waals surface area contributed by atoms with Crippen molar-refractivity contribution < 1.29 is 27.5 Å². The number of likely N-dealkylation sites (tertiary alicyclic amines) is 1. The molecule has 6 nitrogen and oxygen atoms in total. The third-order valence-corrected chi connectivity index (χ3v) is 5.55. The van der Waals surface area contributed by atoms with E-state index in [0.717, 1.165) is 17.9 Å². The van der Waals surface area contributed by atoms with Crippen LogP contribution in [0.1, 0.15) is 21.7 Å². The van der Waals surface area contributed by atoms with Crippen molar-refractivity contribution in [2.24, 2.45) is 0 Å². The third kappa shape index (κ3) is 5.04. The lowest BCUT2D eigenvalue weighted by Crippen LogP contribution is -2.67. The zero-order valence-electron chi connectivity index (χ0n) is 18.0. The summed E-state index contributed by atoms with van der Waals surface area (Å²) >= 11 is 0. The van der Waals surface area contributed by atoms with Gasteiger partial charge in [-0.1, -0.05) is 6.07 Å². The number of aliphatic hydroxyl groups is 1. The predicted molar refractivity (Wildman–Crippen MR) is 117 cm³/mol. The fourth-order valence-corrected chi connectivity index (χ4v) is 3.78. The molecule has 0 unspecified atom stereocenters. The number of amides is 1. The Morgan fingerprint density at radius 2 is 1.94 bits per heavy atom. The van der Waals surface area contributed by atoms with Crippen LogP contribution in [-0.4, -0.2) is 47.7 Å². The molecule has 0 atom stereocenters. The number of β-amino-alcohol motifs (C(OH)–C–C–N with tert-alkyl or cyclic N) is 1. The highest BCUT2D eigenvalue weighted by Gasteiger charge is 2.44. The molecule has 2 heterocycles. The average Bonchev–Trinajstić information content (AvgIpc) is 3.27. The highest BCUT2D eigenvalue weighted by molar-refractivity contribution is 6.01. The number of benzene rings is 2. The first-order valence-electron chi connectivity index (χ1n) is 10.5. The van der Waals surface area contributed by atoms with Gasteiger partial charge in [-0.2, -0.15) is 0 Å². The number of hydrogen-bond acceptors (Lipinski definition) is 5. The maximum absolute atomic E-state index is 14.6. The van der Waals surface area contributed by atoms with Crippen molar-refractivity contribution in [1.82, 2.24) is 10.2 Å². The lowest BCUT2D eigenvalue weighted by atomic mass is 9.92. The molecule has 9 heteroatoms. The van der Waals surface area contributed by atoms with E-state index in [-0.39, 0.29) is 30.9 Å². The lowest BCUT2D eigenvalue weighted by molar-refractivity contribution is -0.0784. The first-order valence-corrected chi connectivity index (χ1v) is 10.5. The molecule has 1 amide bonds. The summed E-state index contributed by atoms with van der Waals surface area (Å²) in [6, 6.07) is 9.90. The Balaban J connectivity index is 1.41. The second-order valence-electron chi connectivity index (χ2n) is 8.28. The minimum atomic E-state index is -1.28. The second kappa shape index (κ2) is 9.29. The number of rotatable bonds is 8. The Bertz CT molecular complexity index is 1150. The van der Waals surface area contributed by atoms with Crippen LogP contribution in [0.3, 0.4) is 0 Å². The first kappa shape index (κ1) is 22.9. The molecule has 1 aliphatic heterocycles. The summed E-state index contributed by atoms with van der Waals surface area (Å²) in [6.45, 7) is 2.59. The molecule has 0 spiro atoms. The van der Waals surface area contributed by atoms with Gasteiger partial charge < -0.3 is 25.1 Å².